The van der Waals surface area contributed by atoms with Crippen LogP contribution in [0.2, 0.25) is 0 Å². The number of nitrogens with one attached hydrogen (secondary N) is 2. The van der Waals surface area contributed by atoms with Crippen molar-refractivity contribution in [1.82, 2.24) is 0 Å². The van der Waals surface area contributed by atoms with E-state index in [0.717, 1.165) is 41.9 Å². The lowest BCUT2D eigenvalue weighted by molar-refractivity contribution is 0.102. The second-order valence-corrected chi connectivity index (χ2v) is 5.62. The molecule has 0 fully saturated rings. The van der Waals surface area contributed by atoms with Gasteiger partial charge in [-0.1, -0.05) is 12.1 Å². The van der Waals surface area contributed by atoms with Crippen molar-refractivity contribution in [3.8, 4) is 0 Å². The zero-order valence-electron chi connectivity index (χ0n) is 12.5. The lowest BCUT2D eigenvalue weighted by Crippen LogP contribution is -2.19. The van der Waals surface area contributed by atoms with Gasteiger partial charge < -0.3 is 10.6 Å². The molecule has 1 heterocycles. The quantitative estimate of drug-likeness (QED) is 0.875. The van der Waals surface area contributed by atoms with Crippen LogP contribution in [0.1, 0.15) is 33.5 Å². The number of rotatable bonds is 2. The van der Waals surface area contributed by atoms with Gasteiger partial charge in [-0.3, -0.25) is 4.79 Å². The molecule has 0 spiro atoms. The van der Waals surface area contributed by atoms with E-state index in [1.807, 2.05) is 36.4 Å². The predicted molar refractivity (Wildman–Crippen MR) is 87.1 cm³/mol. The highest BCUT2D eigenvalue weighted by Gasteiger charge is 2.17. The van der Waals surface area contributed by atoms with Gasteiger partial charge in [0.1, 0.15) is 0 Å². The number of fused-ring (bicyclic) bond motifs is 1. The highest BCUT2D eigenvalue weighted by Crippen LogP contribution is 2.26. The summed E-state index contributed by atoms with van der Waals surface area (Å²) in [7, 11) is 0. The smallest absolute Gasteiger partial charge is 0.256 e. The van der Waals surface area contributed by atoms with E-state index in [-0.39, 0.29) is 5.91 Å². The van der Waals surface area contributed by atoms with Crippen molar-refractivity contribution in [1.29, 1.82) is 0 Å². The van der Waals surface area contributed by atoms with Gasteiger partial charge in [0.15, 0.2) is 0 Å². The van der Waals surface area contributed by atoms with Crippen LogP contribution >= 0.6 is 0 Å². The third-order valence-electron chi connectivity index (χ3n) is 4.10. The van der Waals surface area contributed by atoms with Crippen molar-refractivity contribution in [2.75, 3.05) is 17.2 Å². The minimum atomic E-state index is -0.0289. The van der Waals surface area contributed by atoms with E-state index in [1.54, 1.807) is 0 Å². The molecule has 0 aromatic heterocycles. The van der Waals surface area contributed by atoms with E-state index in [2.05, 4.69) is 24.5 Å². The molecule has 0 atom stereocenters. The first kappa shape index (κ1) is 13.7. The van der Waals surface area contributed by atoms with E-state index >= 15 is 0 Å². The summed E-state index contributed by atoms with van der Waals surface area (Å²) >= 11 is 0. The summed E-state index contributed by atoms with van der Waals surface area (Å²) in [5.41, 5.74) is 6.26. The minimum Gasteiger partial charge on any atom is -0.385 e. The lowest BCUT2D eigenvalue weighted by atomic mass is 9.97. The van der Waals surface area contributed by atoms with Gasteiger partial charge in [0.25, 0.3) is 5.91 Å². The number of benzene rings is 2. The SMILES string of the molecule is Cc1ccc(NC(=O)c2cccc3c2CCCN3)cc1C. The Morgan fingerprint density at radius 3 is 2.81 bits per heavy atom. The summed E-state index contributed by atoms with van der Waals surface area (Å²) in [5.74, 6) is -0.0289. The van der Waals surface area contributed by atoms with E-state index in [0.29, 0.717) is 0 Å². The zero-order chi connectivity index (χ0) is 14.8. The summed E-state index contributed by atoms with van der Waals surface area (Å²) < 4.78 is 0. The van der Waals surface area contributed by atoms with Gasteiger partial charge >= 0.3 is 0 Å². The molecule has 0 saturated heterocycles. The van der Waals surface area contributed by atoms with Crippen molar-refractivity contribution in [3.05, 3.63) is 58.7 Å². The maximum Gasteiger partial charge on any atom is 0.256 e. The van der Waals surface area contributed by atoms with Gasteiger partial charge in [-0.25, -0.2) is 0 Å². The molecule has 0 saturated carbocycles. The van der Waals surface area contributed by atoms with E-state index in [4.69, 9.17) is 0 Å². The molecule has 0 radical (unpaired) electrons. The van der Waals surface area contributed by atoms with Crippen LogP contribution in [0.5, 0.6) is 0 Å². The largest absolute Gasteiger partial charge is 0.385 e. The van der Waals surface area contributed by atoms with Crippen molar-refractivity contribution in [3.63, 3.8) is 0 Å². The first-order chi connectivity index (χ1) is 10.1. The summed E-state index contributed by atoms with van der Waals surface area (Å²) in [4.78, 5) is 12.5. The number of carbonyl (C=O) groups excluding carboxylic acids is 1. The Morgan fingerprint density at radius 1 is 1.14 bits per heavy atom. The molecule has 108 valence electrons. The maximum atomic E-state index is 12.5. The lowest BCUT2D eigenvalue weighted by Gasteiger charge is -2.20. The zero-order valence-corrected chi connectivity index (χ0v) is 12.5. The molecule has 2 N–H and O–H groups in total. The first-order valence-electron chi connectivity index (χ1n) is 7.39. The maximum absolute atomic E-state index is 12.5. The Labute approximate surface area is 125 Å². The van der Waals surface area contributed by atoms with Crippen molar-refractivity contribution >= 4 is 17.3 Å². The van der Waals surface area contributed by atoms with Gasteiger partial charge in [0.2, 0.25) is 0 Å². The van der Waals surface area contributed by atoms with Gasteiger partial charge in [0.05, 0.1) is 0 Å². The number of anilines is 2. The summed E-state index contributed by atoms with van der Waals surface area (Å²) in [6, 6.07) is 11.9. The molecule has 3 heteroatoms. The van der Waals surface area contributed by atoms with Crippen LogP contribution in [0.15, 0.2) is 36.4 Å². The first-order valence-corrected chi connectivity index (χ1v) is 7.39. The molecule has 0 unspecified atom stereocenters. The standard InChI is InChI=1S/C18H20N2O/c1-12-8-9-14(11-13(12)2)20-18(21)16-5-3-7-17-15(16)6-4-10-19-17/h3,5,7-9,11,19H,4,6,10H2,1-2H3,(H,20,21). The predicted octanol–water partition coefficient (Wildman–Crippen LogP) is 3.91. The average molecular weight is 280 g/mol. The summed E-state index contributed by atoms with van der Waals surface area (Å²) in [5, 5.41) is 6.37. The number of hydrogen-bond donors (Lipinski definition) is 2. The van der Waals surface area contributed by atoms with Gasteiger partial charge in [-0.2, -0.15) is 0 Å². The highest BCUT2D eigenvalue weighted by molar-refractivity contribution is 6.06. The molecule has 1 aliphatic heterocycles. The molecule has 3 nitrogen and oxygen atoms in total. The number of amides is 1. The highest BCUT2D eigenvalue weighted by atomic mass is 16.1. The fourth-order valence-corrected chi connectivity index (χ4v) is 2.74. The molecular weight excluding hydrogens is 260 g/mol. The fraction of sp³-hybridized carbons (Fsp3) is 0.278. The average Bonchev–Trinajstić information content (AvgIpc) is 2.50. The summed E-state index contributed by atoms with van der Waals surface area (Å²) in [6.07, 6.45) is 2.03. The second kappa shape index (κ2) is 5.60. The Morgan fingerprint density at radius 2 is 2.00 bits per heavy atom. The molecular formula is C18H20N2O. The van der Waals surface area contributed by atoms with E-state index in [1.165, 1.54) is 11.1 Å². The Bertz CT molecular complexity index is 692. The molecule has 3 rings (SSSR count). The third-order valence-corrected chi connectivity index (χ3v) is 4.10. The third kappa shape index (κ3) is 2.77. The van der Waals surface area contributed by atoms with Crippen LogP contribution in [0.4, 0.5) is 11.4 Å². The van der Waals surface area contributed by atoms with Gasteiger partial charge in [-0.05, 0) is 67.6 Å². The van der Waals surface area contributed by atoms with Crippen molar-refractivity contribution < 1.29 is 4.79 Å². The number of carbonyl (C=O) groups is 1. The molecule has 1 amide bonds. The van der Waals surface area contributed by atoms with E-state index < -0.39 is 0 Å². The van der Waals surface area contributed by atoms with Crippen LogP contribution in [-0.2, 0) is 6.42 Å². The van der Waals surface area contributed by atoms with Crippen LogP contribution in [0.3, 0.4) is 0 Å². The van der Waals surface area contributed by atoms with Crippen molar-refractivity contribution in [2.24, 2.45) is 0 Å². The van der Waals surface area contributed by atoms with Crippen LogP contribution < -0.4 is 10.6 Å². The van der Waals surface area contributed by atoms with Crippen LogP contribution in [0.25, 0.3) is 0 Å². The molecule has 21 heavy (non-hydrogen) atoms. The Kier molecular flexibility index (Phi) is 3.65. The van der Waals surface area contributed by atoms with Crippen molar-refractivity contribution in [2.45, 2.75) is 26.7 Å². The van der Waals surface area contributed by atoms with Gasteiger partial charge in [0, 0.05) is 23.5 Å². The van der Waals surface area contributed by atoms with Gasteiger partial charge in [-0.15, -0.1) is 0 Å². The second-order valence-electron chi connectivity index (χ2n) is 5.62. The number of aryl methyl sites for hydroxylation is 2. The topological polar surface area (TPSA) is 41.1 Å². The van der Waals surface area contributed by atoms with E-state index in [9.17, 15) is 4.79 Å². The van der Waals surface area contributed by atoms with Crippen LogP contribution in [-0.4, -0.2) is 12.5 Å². The Balaban J connectivity index is 1.87. The molecule has 0 bridgehead atoms. The molecule has 2 aromatic carbocycles. The van der Waals surface area contributed by atoms with Crippen LogP contribution in [0, 0.1) is 13.8 Å². The monoisotopic (exact) mass is 280 g/mol. The molecule has 2 aromatic rings. The number of hydrogen-bond acceptors (Lipinski definition) is 2. The summed E-state index contributed by atoms with van der Waals surface area (Å²) in [6.45, 7) is 5.11. The fourth-order valence-electron chi connectivity index (χ4n) is 2.74. The molecule has 0 aliphatic carbocycles. The Hall–Kier alpha value is -2.29. The minimum absolute atomic E-state index is 0.0289. The molecule has 1 aliphatic rings. The normalized spacial score (nSPS) is 13.2.